The van der Waals surface area contributed by atoms with Crippen molar-refractivity contribution in [2.24, 2.45) is 0 Å². The monoisotopic (exact) mass is 161 g/mol. The summed E-state index contributed by atoms with van der Waals surface area (Å²) in [6.07, 6.45) is 4.25. The summed E-state index contributed by atoms with van der Waals surface area (Å²) in [5.74, 6) is 0. The van der Waals surface area contributed by atoms with Crippen molar-refractivity contribution in [3.05, 3.63) is 35.4 Å². The Morgan fingerprint density at radius 2 is 2.45 bits per heavy atom. The van der Waals surface area contributed by atoms with Crippen LogP contribution in [0.3, 0.4) is 0 Å². The van der Waals surface area contributed by atoms with Crippen LogP contribution in [0.25, 0.3) is 11.3 Å². The lowest BCUT2D eigenvalue weighted by molar-refractivity contribution is 1.16. The number of hydrogen-bond donors (Lipinski definition) is 0. The lowest BCUT2D eigenvalue weighted by Crippen LogP contribution is -1.80. The predicted molar refractivity (Wildman–Crippen MR) is 44.2 cm³/mol. The molecular formula is C8H5N2S. The second-order valence-electron chi connectivity index (χ2n) is 2.04. The number of thiophene rings is 1. The fourth-order valence-corrected chi connectivity index (χ4v) is 1.48. The predicted octanol–water partition coefficient (Wildman–Crippen LogP) is 2.01. The summed E-state index contributed by atoms with van der Waals surface area (Å²) in [5.41, 5.74) is 2.06. The van der Waals surface area contributed by atoms with Crippen molar-refractivity contribution in [1.82, 2.24) is 9.97 Å². The standard InChI is InChI=1S/C8H5N2S/c1-3-9-6-10-8(1)7-2-4-11-5-7/h1-2,4-6H. The van der Waals surface area contributed by atoms with Gasteiger partial charge < -0.3 is 0 Å². The molecule has 0 atom stereocenters. The van der Waals surface area contributed by atoms with Gasteiger partial charge in [-0.2, -0.15) is 11.3 Å². The molecule has 2 heterocycles. The molecule has 2 aromatic rings. The number of hydrogen-bond acceptors (Lipinski definition) is 3. The maximum absolute atomic E-state index is 4.09. The van der Waals surface area contributed by atoms with E-state index >= 15 is 0 Å². The molecule has 3 heteroatoms. The Kier molecular flexibility index (Phi) is 1.65. The molecule has 0 fully saturated rings. The molecule has 0 N–H and O–H groups in total. The van der Waals surface area contributed by atoms with Gasteiger partial charge in [0.05, 0.1) is 11.9 Å². The highest BCUT2D eigenvalue weighted by atomic mass is 32.1. The van der Waals surface area contributed by atoms with Gasteiger partial charge in [-0.05, 0) is 17.5 Å². The van der Waals surface area contributed by atoms with Crippen LogP contribution in [0.15, 0.2) is 29.2 Å². The van der Waals surface area contributed by atoms with Gasteiger partial charge in [0.25, 0.3) is 0 Å². The lowest BCUT2D eigenvalue weighted by Gasteiger charge is -1.91. The molecule has 53 valence electrons. The van der Waals surface area contributed by atoms with Crippen molar-refractivity contribution >= 4 is 11.3 Å². The van der Waals surface area contributed by atoms with Gasteiger partial charge in [0.15, 0.2) is 0 Å². The van der Waals surface area contributed by atoms with Crippen LogP contribution < -0.4 is 0 Å². The Labute approximate surface area is 68.6 Å². The maximum atomic E-state index is 4.09. The molecule has 0 aliphatic heterocycles. The van der Waals surface area contributed by atoms with Crippen molar-refractivity contribution in [1.29, 1.82) is 0 Å². The SMILES string of the molecule is [c]1cc(-c2ccsc2)ncn1. The van der Waals surface area contributed by atoms with E-state index in [4.69, 9.17) is 0 Å². The Morgan fingerprint density at radius 3 is 3.09 bits per heavy atom. The smallest absolute Gasteiger partial charge is 0.116 e. The molecule has 1 radical (unpaired) electrons. The van der Waals surface area contributed by atoms with Crippen LogP contribution >= 0.6 is 11.3 Å². The first-order chi connectivity index (χ1) is 5.47. The molecule has 0 amide bonds. The molecule has 0 bridgehead atoms. The Bertz CT molecular complexity index is 315. The van der Waals surface area contributed by atoms with Gasteiger partial charge in [-0.3, -0.25) is 0 Å². The van der Waals surface area contributed by atoms with E-state index in [1.54, 1.807) is 17.4 Å². The highest BCUT2D eigenvalue weighted by molar-refractivity contribution is 7.08. The highest BCUT2D eigenvalue weighted by Crippen LogP contribution is 2.17. The van der Waals surface area contributed by atoms with E-state index < -0.39 is 0 Å². The molecular weight excluding hydrogens is 156 g/mol. The Hall–Kier alpha value is -1.22. The zero-order valence-electron chi connectivity index (χ0n) is 5.69. The van der Waals surface area contributed by atoms with Crippen LogP contribution in [-0.4, -0.2) is 9.97 Å². The Balaban J connectivity index is 2.46. The quantitative estimate of drug-likeness (QED) is 0.639. The van der Waals surface area contributed by atoms with E-state index in [1.807, 2.05) is 11.4 Å². The van der Waals surface area contributed by atoms with Crippen LogP contribution in [-0.2, 0) is 0 Å². The molecule has 0 unspecified atom stereocenters. The van der Waals surface area contributed by atoms with Crippen molar-refractivity contribution in [2.75, 3.05) is 0 Å². The largest absolute Gasteiger partial charge is 0.236 e. The summed E-state index contributed by atoms with van der Waals surface area (Å²) in [6, 6.07) is 3.81. The molecule has 11 heavy (non-hydrogen) atoms. The van der Waals surface area contributed by atoms with Gasteiger partial charge in [0.1, 0.15) is 6.33 Å². The van der Waals surface area contributed by atoms with Crippen LogP contribution in [0.4, 0.5) is 0 Å². The van der Waals surface area contributed by atoms with E-state index in [0.29, 0.717) is 0 Å². The molecule has 0 aliphatic rings. The van der Waals surface area contributed by atoms with Crippen LogP contribution in [0, 0.1) is 6.20 Å². The number of aromatic nitrogens is 2. The van der Waals surface area contributed by atoms with Gasteiger partial charge in [0.2, 0.25) is 0 Å². The fourth-order valence-electron chi connectivity index (χ4n) is 0.828. The lowest BCUT2D eigenvalue weighted by atomic mass is 10.2. The van der Waals surface area contributed by atoms with Gasteiger partial charge >= 0.3 is 0 Å². The van der Waals surface area contributed by atoms with E-state index in [2.05, 4.69) is 21.5 Å². The summed E-state index contributed by atoms with van der Waals surface area (Å²) in [5, 5.41) is 4.08. The average molecular weight is 161 g/mol. The van der Waals surface area contributed by atoms with Gasteiger partial charge in [-0.15, -0.1) is 0 Å². The van der Waals surface area contributed by atoms with E-state index in [9.17, 15) is 0 Å². The second-order valence-corrected chi connectivity index (χ2v) is 2.82. The van der Waals surface area contributed by atoms with Crippen molar-refractivity contribution in [3.63, 3.8) is 0 Å². The van der Waals surface area contributed by atoms with Gasteiger partial charge in [-0.25, -0.2) is 9.97 Å². The molecule has 0 saturated heterocycles. The zero-order valence-corrected chi connectivity index (χ0v) is 6.51. The molecule has 0 saturated carbocycles. The summed E-state index contributed by atoms with van der Waals surface area (Å²) in [7, 11) is 0. The minimum absolute atomic E-state index is 0.932. The third-order valence-electron chi connectivity index (χ3n) is 1.35. The second kappa shape index (κ2) is 2.80. The molecule has 2 rings (SSSR count). The van der Waals surface area contributed by atoms with Crippen LogP contribution in [0.1, 0.15) is 0 Å². The molecule has 0 aromatic carbocycles. The van der Waals surface area contributed by atoms with Gasteiger partial charge in [0, 0.05) is 10.9 Å². The summed E-state index contributed by atoms with van der Waals surface area (Å²) in [6.45, 7) is 0. The van der Waals surface area contributed by atoms with Gasteiger partial charge in [-0.1, -0.05) is 0 Å². The van der Waals surface area contributed by atoms with Crippen LogP contribution in [0.5, 0.6) is 0 Å². The van der Waals surface area contributed by atoms with Crippen LogP contribution in [0.2, 0.25) is 0 Å². The first kappa shape index (κ1) is 6.49. The third-order valence-corrected chi connectivity index (χ3v) is 2.03. The molecule has 0 spiro atoms. The van der Waals surface area contributed by atoms with E-state index in [1.165, 1.54) is 6.33 Å². The maximum Gasteiger partial charge on any atom is 0.116 e. The third kappa shape index (κ3) is 1.28. The Morgan fingerprint density at radius 1 is 1.45 bits per heavy atom. The fraction of sp³-hybridized carbons (Fsp3) is 0. The normalized spacial score (nSPS) is 9.82. The highest BCUT2D eigenvalue weighted by Gasteiger charge is 1.96. The summed E-state index contributed by atoms with van der Waals surface area (Å²) in [4.78, 5) is 7.81. The van der Waals surface area contributed by atoms with Crippen molar-refractivity contribution in [3.8, 4) is 11.3 Å². The average Bonchev–Trinajstić information content (AvgIpc) is 2.58. The van der Waals surface area contributed by atoms with Crippen molar-refractivity contribution < 1.29 is 0 Å². The van der Waals surface area contributed by atoms with Crippen molar-refractivity contribution in [2.45, 2.75) is 0 Å². The zero-order chi connectivity index (χ0) is 7.52. The molecule has 2 aromatic heterocycles. The topological polar surface area (TPSA) is 25.8 Å². The number of rotatable bonds is 1. The summed E-state index contributed by atoms with van der Waals surface area (Å²) < 4.78 is 0. The van der Waals surface area contributed by atoms with E-state index in [0.717, 1.165) is 11.3 Å². The summed E-state index contributed by atoms with van der Waals surface area (Å²) >= 11 is 1.66. The molecule has 2 nitrogen and oxygen atoms in total. The first-order valence-corrected chi connectivity index (χ1v) is 4.12. The van der Waals surface area contributed by atoms with E-state index in [-0.39, 0.29) is 0 Å². The number of nitrogens with zero attached hydrogens (tertiary/aromatic N) is 2. The molecule has 0 aliphatic carbocycles. The minimum Gasteiger partial charge on any atom is -0.236 e. The first-order valence-electron chi connectivity index (χ1n) is 3.17. The minimum atomic E-state index is 0.932.